The van der Waals surface area contributed by atoms with Crippen LogP contribution in [0.3, 0.4) is 0 Å². The van der Waals surface area contributed by atoms with Crippen LogP contribution in [0, 0.1) is 0 Å². The molecule has 0 bridgehead atoms. The third-order valence-corrected chi connectivity index (χ3v) is 6.20. The molecule has 1 saturated heterocycles. The Morgan fingerprint density at radius 1 is 0.781 bits per heavy atom. The Hall–Kier alpha value is -3.41. The number of piperazine rings is 1. The Morgan fingerprint density at radius 2 is 1.41 bits per heavy atom. The third-order valence-electron chi connectivity index (χ3n) is 6.20. The highest BCUT2D eigenvalue weighted by Crippen LogP contribution is 2.29. The molecule has 0 radical (unpaired) electrons. The standard InChI is InChI=1S/C27H26N2O3/c30-25-12-11-22-26(31)24(21-9-5-2-6-10-21)19-32-27(22)23(25)18-29-15-13-28(14-16-29)17-20-7-3-1-4-8-20/h1-12,19,30H,13-18H2. The zero-order valence-electron chi connectivity index (χ0n) is 17.9. The van der Waals surface area contributed by atoms with Gasteiger partial charge in [-0.15, -0.1) is 0 Å². The molecule has 0 spiro atoms. The lowest BCUT2D eigenvalue weighted by Gasteiger charge is -2.34. The first kappa shape index (κ1) is 20.5. The van der Waals surface area contributed by atoms with Crippen molar-refractivity contribution in [3.05, 3.63) is 100 Å². The molecular formula is C27H26N2O3. The Balaban J connectivity index is 1.35. The van der Waals surface area contributed by atoms with Crippen LogP contribution in [0.2, 0.25) is 0 Å². The zero-order valence-corrected chi connectivity index (χ0v) is 17.9. The molecule has 4 aromatic rings. The van der Waals surface area contributed by atoms with Crippen molar-refractivity contribution in [2.45, 2.75) is 13.1 Å². The number of aromatic hydroxyl groups is 1. The van der Waals surface area contributed by atoms with E-state index >= 15 is 0 Å². The first-order valence-corrected chi connectivity index (χ1v) is 11.0. The van der Waals surface area contributed by atoms with E-state index in [4.69, 9.17) is 4.42 Å². The average Bonchev–Trinajstić information content (AvgIpc) is 2.83. The van der Waals surface area contributed by atoms with Gasteiger partial charge in [0.15, 0.2) is 0 Å². The van der Waals surface area contributed by atoms with E-state index in [0.717, 1.165) is 38.3 Å². The summed E-state index contributed by atoms with van der Waals surface area (Å²) in [4.78, 5) is 17.9. The second-order valence-electron chi connectivity index (χ2n) is 8.32. The molecule has 0 atom stereocenters. The van der Waals surface area contributed by atoms with Gasteiger partial charge in [-0.2, -0.15) is 0 Å². The number of hydrogen-bond acceptors (Lipinski definition) is 5. The Kier molecular flexibility index (Phi) is 5.75. The van der Waals surface area contributed by atoms with Crippen molar-refractivity contribution in [2.24, 2.45) is 0 Å². The minimum absolute atomic E-state index is 0.0774. The Labute approximate surface area is 187 Å². The van der Waals surface area contributed by atoms with Gasteiger partial charge < -0.3 is 9.52 Å². The van der Waals surface area contributed by atoms with Crippen molar-refractivity contribution >= 4 is 11.0 Å². The van der Waals surface area contributed by atoms with Gasteiger partial charge in [0.05, 0.1) is 16.5 Å². The van der Waals surface area contributed by atoms with Crippen LogP contribution in [0.25, 0.3) is 22.1 Å². The first-order valence-electron chi connectivity index (χ1n) is 11.0. The molecule has 0 unspecified atom stereocenters. The van der Waals surface area contributed by atoms with Gasteiger partial charge in [0, 0.05) is 39.3 Å². The summed E-state index contributed by atoms with van der Waals surface area (Å²) in [5, 5.41) is 11.1. The lowest BCUT2D eigenvalue weighted by molar-refractivity contribution is 0.121. The van der Waals surface area contributed by atoms with Gasteiger partial charge >= 0.3 is 0 Å². The van der Waals surface area contributed by atoms with Crippen molar-refractivity contribution in [3.63, 3.8) is 0 Å². The van der Waals surface area contributed by atoms with Crippen molar-refractivity contribution in [1.29, 1.82) is 0 Å². The lowest BCUT2D eigenvalue weighted by atomic mass is 10.0. The van der Waals surface area contributed by atoms with Crippen LogP contribution >= 0.6 is 0 Å². The highest BCUT2D eigenvalue weighted by molar-refractivity contribution is 5.85. The summed E-state index contributed by atoms with van der Waals surface area (Å²) >= 11 is 0. The number of fused-ring (bicyclic) bond motifs is 1. The van der Waals surface area contributed by atoms with Crippen LogP contribution < -0.4 is 5.43 Å². The molecule has 5 rings (SSSR count). The maximum atomic E-state index is 13.1. The molecule has 1 aliphatic rings. The summed E-state index contributed by atoms with van der Waals surface area (Å²) < 4.78 is 5.93. The van der Waals surface area contributed by atoms with Crippen molar-refractivity contribution < 1.29 is 9.52 Å². The number of phenols is 1. The van der Waals surface area contributed by atoms with Gasteiger partial charge in [0.25, 0.3) is 0 Å². The first-order chi connectivity index (χ1) is 15.7. The number of nitrogens with zero attached hydrogens (tertiary/aromatic N) is 2. The lowest BCUT2D eigenvalue weighted by Crippen LogP contribution is -2.45. The number of phenolic OH excluding ortho intramolecular Hbond substituents is 1. The fraction of sp³-hybridized carbons (Fsp3) is 0.222. The van der Waals surface area contributed by atoms with E-state index in [0.29, 0.717) is 28.6 Å². The molecule has 1 aliphatic heterocycles. The van der Waals surface area contributed by atoms with Gasteiger partial charge in [-0.1, -0.05) is 60.7 Å². The van der Waals surface area contributed by atoms with Crippen molar-refractivity contribution in [2.75, 3.05) is 26.2 Å². The molecule has 162 valence electrons. The second-order valence-corrected chi connectivity index (χ2v) is 8.32. The molecule has 5 heteroatoms. The molecule has 32 heavy (non-hydrogen) atoms. The van der Waals surface area contributed by atoms with Gasteiger partial charge in [-0.05, 0) is 23.3 Å². The van der Waals surface area contributed by atoms with E-state index in [1.165, 1.54) is 11.8 Å². The van der Waals surface area contributed by atoms with E-state index < -0.39 is 0 Å². The highest BCUT2D eigenvalue weighted by Gasteiger charge is 2.21. The number of benzene rings is 3. The van der Waals surface area contributed by atoms with Gasteiger partial charge in [0.1, 0.15) is 17.6 Å². The maximum absolute atomic E-state index is 13.1. The molecule has 5 nitrogen and oxygen atoms in total. The SMILES string of the molecule is O=c1c(-c2ccccc2)coc2c(CN3CCN(Cc4ccccc4)CC3)c(O)ccc12. The predicted molar refractivity (Wildman–Crippen MR) is 127 cm³/mol. The minimum atomic E-state index is -0.0774. The summed E-state index contributed by atoms with van der Waals surface area (Å²) in [5.41, 5.74) is 3.75. The van der Waals surface area contributed by atoms with Crippen molar-refractivity contribution in [1.82, 2.24) is 9.80 Å². The summed E-state index contributed by atoms with van der Waals surface area (Å²) in [6, 6.07) is 23.3. The normalized spacial score (nSPS) is 15.2. The number of hydrogen-bond donors (Lipinski definition) is 1. The second kappa shape index (κ2) is 8.99. The smallest absolute Gasteiger partial charge is 0.200 e. The van der Waals surface area contributed by atoms with E-state index in [2.05, 4.69) is 34.1 Å². The van der Waals surface area contributed by atoms with E-state index in [9.17, 15) is 9.90 Å². The molecule has 3 aromatic carbocycles. The fourth-order valence-corrected chi connectivity index (χ4v) is 4.39. The largest absolute Gasteiger partial charge is 0.507 e. The minimum Gasteiger partial charge on any atom is -0.507 e. The summed E-state index contributed by atoms with van der Waals surface area (Å²) in [5.74, 6) is 0.167. The van der Waals surface area contributed by atoms with Crippen LogP contribution in [0.1, 0.15) is 11.1 Å². The molecule has 2 heterocycles. The molecule has 1 fully saturated rings. The molecule has 1 N–H and O–H groups in total. The summed E-state index contributed by atoms with van der Waals surface area (Å²) in [6.07, 6.45) is 1.51. The van der Waals surface area contributed by atoms with Crippen LogP contribution in [-0.4, -0.2) is 41.1 Å². The molecule has 0 amide bonds. The zero-order chi connectivity index (χ0) is 21.9. The topological polar surface area (TPSA) is 56.9 Å². The molecule has 0 saturated carbocycles. The van der Waals surface area contributed by atoms with Crippen LogP contribution in [0.15, 0.2) is 88.3 Å². The van der Waals surface area contributed by atoms with Gasteiger partial charge in [0.2, 0.25) is 5.43 Å². The number of rotatable bonds is 5. The Morgan fingerprint density at radius 3 is 2.09 bits per heavy atom. The summed E-state index contributed by atoms with van der Waals surface area (Å²) in [7, 11) is 0. The van der Waals surface area contributed by atoms with E-state index in [-0.39, 0.29) is 11.2 Å². The molecule has 1 aromatic heterocycles. The van der Waals surface area contributed by atoms with Gasteiger partial charge in [-0.3, -0.25) is 14.6 Å². The van der Waals surface area contributed by atoms with Crippen LogP contribution in [-0.2, 0) is 13.1 Å². The highest BCUT2D eigenvalue weighted by atomic mass is 16.3. The quantitative estimate of drug-likeness (QED) is 0.510. The fourth-order valence-electron chi connectivity index (χ4n) is 4.39. The van der Waals surface area contributed by atoms with Crippen molar-refractivity contribution in [3.8, 4) is 16.9 Å². The van der Waals surface area contributed by atoms with Gasteiger partial charge in [-0.25, -0.2) is 0 Å². The monoisotopic (exact) mass is 426 g/mol. The predicted octanol–water partition coefficient (Wildman–Crippen LogP) is 4.48. The third kappa shape index (κ3) is 4.17. The van der Waals surface area contributed by atoms with E-state index in [1.807, 2.05) is 36.4 Å². The van der Waals surface area contributed by atoms with Crippen LogP contribution in [0.4, 0.5) is 0 Å². The molecular weight excluding hydrogens is 400 g/mol. The maximum Gasteiger partial charge on any atom is 0.200 e. The Bertz CT molecular complexity index is 1260. The summed E-state index contributed by atoms with van der Waals surface area (Å²) in [6.45, 7) is 5.22. The average molecular weight is 427 g/mol. The molecule has 0 aliphatic carbocycles. The van der Waals surface area contributed by atoms with Crippen LogP contribution in [0.5, 0.6) is 5.75 Å². The van der Waals surface area contributed by atoms with E-state index in [1.54, 1.807) is 12.1 Å².